The van der Waals surface area contributed by atoms with Gasteiger partial charge in [-0.05, 0) is 45.1 Å². The van der Waals surface area contributed by atoms with E-state index in [1.54, 1.807) is 0 Å². The van der Waals surface area contributed by atoms with Gasteiger partial charge in [0, 0.05) is 19.5 Å². The monoisotopic (exact) mass is 337 g/mol. The molecule has 7 heteroatoms. The highest BCUT2D eigenvalue weighted by Gasteiger charge is 2.34. The van der Waals surface area contributed by atoms with Crippen LogP contribution in [0.3, 0.4) is 0 Å². The standard InChI is InChI=1S/C18H23N7/c1-12-13(2)20-22-17(14(12)11-19)24-10-6-7-15(24)18-23-21-16-8-4-3-5-9-25(16)18/h15H,3-10H2,1-2H3. The number of fused-ring (bicyclic) bond motifs is 1. The molecule has 25 heavy (non-hydrogen) atoms. The highest BCUT2D eigenvalue weighted by Crippen LogP contribution is 2.37. The quantitative estimate of drug-likeness (QED) is 0.837. The average Bonchev–Trinajstić information content (AvgIpc) is 3.18. The number of aromatic nitrogens is 5. The third kappa shape index (κ3) is 2.66. The van der Waals surface area contributed by atoms with Gasteiger partial charge in [-0.3, -0.25) is 0 Å². The minimum absolute atomic E-state index is 0.128. The van der Waals surface area contributed by atoms with Gasteiger partial charge in [0.15, 0.2) is 11.6 Å². The van der Waals surface area contributed by atoms with Gasteiger partial charge in [-0.15, -0.1) is 15.3 Å². The Labute approximate surface area is 147 Å². The summed E-state index contributed by atoms with van der Waals surface area (Å²) in [6.07, 6.45) is 6.69. The van der Waals surface area contributed by atoms with Crippen molar-refractivity contribution in [1.29, 1.82) is 5.26 Å². The summed E-state index contributed by atoms with van der Waals surface area (Å²) in [5.41, 5.74) is 2.36. The Bertz CT molecular complexity index is 833. The predicted octanol–water partition coefficient (Wildman–Crippen LogP) is 2.62. The van der Waals surface area contributed by atoms with Gasteiger partial charge in [0.05, 0.1) is 11.7 Å². The van der Waals surface area contributed by atoms with Crippen molar-refractivity contribution >= 4 is 5.82 Å². The molecule has 1 saturated heterocycles. The number of hydrogen-bond acceptors (Lipinski definition) is 6. The molecule has 0 N–H and O–H groups in total. The van der Waals surface area contributed by atoms with E-state index in [0.29, 0.717) is 11.4 Å². The molecule has 7 nitrogen and oxygen atoms in total. The average molecular weight is 337 g/mol. The van der Waals surface area contributed by atoms with Gasteiger partial charge < -0.3 is 9.47 Å². The van der Waals surface area contributed by atoms with Crippen molar-refractivity contribution in [2.45, 2.75) is 65.0 Å². The first-order valence-corrected chi connectivity index (χ1v) is 9.13. The number of anilines is 1. The molecule has 0 saturated carbocycles. The largest absolute Gasteiger partial charge is 0.344 e. The molecule has 4 heterocycles. The first kappa shape index (κ1) is 16.0. The normalized spacial score (nSPS) is 20.2. The van der Waals surface area contributed by atoms with Crippen molar-refractivity contribution < 1.29 is 0 Å². The first-order valence-electron chi connectivity index (χ1n) is 9.13. The lowest BCUT2D eigenvalue weighted by atomic mass is 10.1. The molecule has 0 bridgehead atoms. The zero-order chi connectivity index (χ0) is 17.4. The molecule has 0 amide bonds. The maximum atomic E-state index is 9.65. The summed E-state index contributed by atoms with van der Waals surface area (Å²) in [5.74, 6) is 2.82. The molecule has 1 atom stereocenters. The Balaban J connectivity index is 1.75. The summed E-state index contributed by atoms with van der Waals surface area (Å²) in [6.45, 7) is 5.71. The molecule has 1 fully saturated rings. The second-order valence-electron chi connectivity index (χ2n) is 7.01. The fourth-order valence-electron chi connectivity index (χ4n) is 3.97. The van der Waals surface area contributed by atoms with Gasteiger partial charge in [0.2, 0.25) is 0 Å². The van der Waals surface area contributed by atoms with Gasteiger partial charge >= 0.3 is 0 Å². The molecule has 0 spiro atoms. The maximum Gasteiger partial charge on any atom is 0.170 e. The van der Waals surface area contributed by atoms with Crippen molar-refractivity contribution in [1.82, 2.24) is 25.0 Å². The molecule has 130 valence electrons. The van der Waals surface area contributed by atoms with E-state index in [-0.39, 0.29) is 6.04 Å². The van der Waals surface area contributed by atoms with Crippen molar-refractivity contribution in [2.24, 2.45) is 0 Å². The summed E-state index contributed by atoms with van der Waals surface area (Å²) in [7, 11) is 0. The highest BCUT2D eigenvalue weighted by molar-refractivity contribution is 5.58. The van der Waals surface area contributed by atoms with Crippen molar-refractivity contribution in [3.05, 3.63) is 28.5 Å². The van der Waals surface area contributed by atoms with Crippen LogP contribution in [0, 0.1) is 25.2 Å². The number of hydrogen-bond donors (Lipinski definition) is 0. The van der Waals surface area contributed by atoms with Gasteiger partial charge in [-0.2, -0.15) is 10.4 Å². The highest BCUT2D eigenvalue weighted by atomic mass is 15.4. The van der Waals surface area contributed by atoms with Crippen molar-refractivity contribution in [3.63, 3.8) is 0 Å². The summed E-state index contributed by atoms with van der Waals surface area (Å²) < 4.78 is 2.30. The van der Waals surface area contributed by atoms with E-state index in [0.717, 1.165) is 55.3 Å². The smallest absolute Gasteiger partial charge is 0.170 e. The molecule has 4 rings (SSSR count). The Kier molecular flexibility index (Phi) is 4.12. The van der Waals surface area contributed by atoms with Crippen LogP contribution in [0.25, 0.3) is 0 Å². The Morgan fingerprint density at radius 2 is 1.88 bits per heavy atom. The van der Waals surface area contributed by atoms with E-state index in [9.17, 15) is 5.26 Å². The van der Waals surface area contributed by atoms with E-state index in [1.807, 2.05) is 13.8 Å². The van der Waals surface area contributed by atoms with Crippen LogP contribution < -0.4 is 4.90 Å². The number of nitrogens with zero attached hydrogens (tertiary/aromatic N) is 7. The molecule has 1 unspecified atom stereocenters. The fraction of sp³-hybridized carbons (Fsp3) is 0.611. The molecule has 0 aromatic carbocycles. The van der Waals surface area contributed by atoms with E-state index in [1.165, 1.54) is 19.3 Å². The number of aryl methyl sites for hydroxylation is 2. The summed E-state index contributed by atoms with van der Waals surface area (Å²) >= 11 is 0. The molecule has 2 aromatic rings. The topological polar surface area (TPSA) is 83.5 Å². The minimum Gasteiger partial charge on any atom is -0.344 e. The lowest BCUT2D eigenvalue weighted by Gasteiger charge is -2.26. The van der Waals surface area contributed by atoms with Gasteiger partial charge in [-0.25, -0.2) is 0 Å². The van der Waals surface area contributed by atoms with Gasteiger partial charge in [-0.1, -0.05) is 6.42 Å². The molecule has 0 radical (unpaired) electrons. The molecular weight excluding hydrogens is 314 g/mol. The molecule has 0 aliphatic carbocycles. The second-order valence-corrected chi connectivity index (χ2v) is 7.01. The Hall–Kier alpha value is -2.49. The van der Waals surface area contributed by atoms with Gasteiger partial charge in [0.1, 0.15) is 17.5 Å². The maximum absolute atomic E-state index is 9.65. The second kappa shape index (κ2) is 6.43. The van der Waals surface area contributed by atoms with E-state index >= 15 is 0 Å². The third-order valence-electron chi connectivity index (χ3n) is 5.51. The molecular formula is C18H23N7. The van der Waals surface area contributed by atoms with Crippen LogP contribution in [0.1, 0.15) is 66.6 Å². The molecule has 2 aliphatic rings. The van der Waals surface area contributed by atoms with Crippen LogP contribution >= 0.6 is 0 Å². The lowest BCUT2D eigenvalue weighted by Crippen LogP contribution is -2.28. The van der Waals surface area contributed by atoms with Crippen LogP contribution in [0.2, 0.25) is 0 Å². The van der Waals surface area contributed by atoms with E-state index in [4.69, 9.17) is 0 Å². The first-order chi connectivity index (χ1) is 12.2. The number of nitriles is 1. The zero-order valence-corrected chi connectivity index (χ0v) is 14.9. The van der Waals surface area contributed by atoms with Crippen LogP contribution in [0.5, 0.6) is 0 Å². The van der Waals surface area contributed by atoms with Gasteiger partial charge in [0.25, 0.3) is 0 Å². The number of rotatable bonds is 2. The van der Waals surface area contributed by atoms with Crippen LogP contribution in [-0.4, -0.2) is 31.5 Å². The predicted molar refractivity (Wildman–Crippen MR) is 93.1 cm³/mol. The summed E-state index contributed by atoms with van der Waals surface area (Å²) in [6, 6.07) is 2.46. The SMILES string of the molecule is Cc1nnc(N2CCCC2c2nnc3n2CCCCC3)c(C#N)c1C. The Morgan fingerprint density at radius 1 is 1.00 bits per heavy atom. The van der Waals surface area contributed by atoms with Crippen LogP contribution in [-0.2, 0) is 13.0 Å². The third-order valence-corrected chi connectivity index (χ3v) is 5.51. The zero-order valence-electron chi connectivity index (χ0n) is 14.9. The summed E-state index contributed by atoms with van der Waals surface area (Å²) in [4.78, 5) is 2.21. The van der Waals surface area contributed by atoms with Crippen LogP contribution in [0.15, 0.2) is 0 Å². The van der Waals surface area contributed by atoms with Crippen molar-refractivity contribution in [3.8, 4) is 6.07 Å². The van der Waals surface area contributed by atoms with E-state index in [2.05, 4.69) is 35.9 Å². The lowest BCUT2D eigenvalue weighted by molar-refractivity contribution is 0.557. The minimum atomic E-state index is 0.128. The molecule has 2 aromatic heterocycles. The fourth-order valence-corrected chi connectivity index (χ4v) is 3.97. The Morgan fingerprint density at radius 3 is 2.72 bits per heavy atom. The van der Waals surface area contributed by atoms with Crippen molar-refractivity contribution in [2.75, 3.05) is 11.4 Å². The van der Waals surface area contributed by atoms with Crippen LogP contribution in [0.4, 0.5) is 5.82 Å². The summed E-state index contributed by atoms with van der Waals surface area (Å²) in [5, 5.41) is 27.3. The van der Waals surface area contributed by atoms with E-state index < -0.39 is 0 Å². The molecule has 2 aliphatic heterocycles.